The molecule has 0 spiro atoms. The van der Waals surface area contributed by atoms with Crippen LogP contribution < -0.4 is 11.1 Å². The first kappa shape index (κ1) is 20.0. The maximum Gasteiger partial charge on any atom is 0.319 e. The SMILES string of the molecule is CCCCc1ccc(-n2c(C)cc(/C=C(/C#N)C(=O)NC(N)=O)c2C)cc1. The summed E-state index contributed by atoms with van der Waals surface area (Å²) in [7, 11) is 0. The number of carbonyl (C=O) groups is 2. The number of rotatable bonds is 6. The van der Waals surface area contributed by atoms with Gasteiger partial charge in [0, 0.05) is 17.1 Å². The summed E-state index contributed by atoms with van der Waals surface area (Å²) in [6.45, 7) is 6.06. The van der Waals surface area contributed by atoms with E-state index in [1.165, 1.54) is 18.1 Å². The van der Waals surface area contributed by atoms with Crippen LogP contribution in [-0.2, 0) is 11.2 Å². The number of aromatic nitrogens is 1. The molecule has 3 amide bonds. The number of carbonyl (C=O) groups excluding carboxylic acids is 2. The molecule has 1 aromatic heterocycles. The number of amides is 3. The van der Waals surface area contributed by atoms with Crippen molar-refractivity contribution in [3.63, 3.8) is 0 Å². The number of urea groups is 1. The lowest BCUT2D eigenvalue weighted by molar-refractivity contribution is -0.115. The van der Waals surface area contributed by atoms with Gasteiger partial charge in [-0.25, -0.2) is 4.79 Å². The summed E-state index contributed by atoms with van der Waals surface area (Å²) in [5, 5.41) is 11.1. The number of primary amides is 1. The van der Waals surface area contributed by atoms with E-state index in [4.69, 9.17) is 5.73 Å². The Labute approximate surface area is 159 Å². The third kappa shape index (κ3) is 4.85. The number of imide groups is 1. The van der Waals surface area contributed by atoms with Gasteiger partial charge in [-0.1, -0.05) is 25.5 Å². The van der Waals surface area contributed by atoms with Crippen molar-refractivity contribution in [3.8, 4) is 11.8 Å². The van der Waals surface area contributed by atoms with E-state index >= 15 is 0 Å². The molecule has 1 aromatic carbocycles. The van der Waals surface area contributed by atoms with E-state index < -0.39 is 11.9 Å². The Morgan fingerprint density at radius 3 is 2.48 bits per heavy atom. The maximum atomic E-state index is 11.9. The number of aryl methyl sites for hydroxylation is 2. The van der Waals surface area contributed by atoms with Gasteiger partial charge < -0.3 is 10.3 Å². The zero-order valence-corrected chi connectivity index (χ0v) is 15.9. The lowest BCUT2D eigenvalue weighted by atomic mass is 10.1. The summed E-state index contributed by atoms with van der Waals surface area (Å²) in [6.07, 6.45) is 4.86. The van der Waals surface area contributed by atoms with E-state index in [2.05, 4.69) is 35.8 Å². The number of unbranched alkanes of at least 4 members (excludes halogenated alkanes) is 1. The van der Waals surface area contributed by atoms with Gasteiger partial charge in [0.2, 0.25) is 0 Å². The van der Waals surface area contributed by atoms with Crippen LogP contribution in [0.25, 0.3) is 11.8 Å². The number of hydrogen-bond donors (Lipinski definition) is 2. The van der Waals surface area contributed by atoms with Gasteiger partial charge in [-0.2, -0.15) is 5.26 Å². The second kappa shape index (κ2) is 8.86. The minimum atomic E-state index is -0.991. The Morgan fingerprint density at radius 2 is 1.93 bits per heavy atom. The fourth-order valence-electron chi connectivity index (χ4n) is 3.01. The Kier molecular flexibility index (Phi) is 6.56. The number of nitriles is 1. The Hall–Kier alpha value is -3.33. The van der Waals surface area contributed by atoms with Gasteiger partial charge in [0.25, 0.3) is 5.91 Å². The molecule has 2 aromatic rings. The largest absolute Gasteiger partial charge is 0.351 e. The molecule has 0 aliphatic carbocycles. The average Bonchev–Trinajstić information content (AvgIpc) is 2.91. The van der Waals surface area contributed by atoms with E-state index in [0.29, 0.717) is 0 Å². The van der Waals surface area contributed by atoms with Gasteiger partial charge in [-0.3, -0.25) is 10.1 Å². The van der Waals surface area contributed by atoms with Crippen LogP contribution >= 0.6 is 0 Å². The second-order valence-corrected chi connectivity index (χ2v) is 6.42. The van der Waals surface area contributed by atoms with Crippen molar-refractivity contribution in [2.24, 2.45) is 5.73 Å². The quantitative estimate of drug-likeness (QED) is 0.605. The average molecular weight is 364 g/mol. The van der Waals surface area contributed by atoms with Gasteiger partial charge in [0.1, 0.15) is 11.6 Å². The van der Waals surface area contributed by atoms with Gasteiger partial charge in [-0.15, -0.1) is 0 Å². The van der Waals surface area contributed by atoms with Crippen LogP contribution in [0.2, 0.25) is 0 Å². The highest BCUT2D eigenvalue weighted by Crippen LogP contribution is 2.23. The first-order chi connectivity index (χ1) is 12.9. The van der Waals surface area contributed by atoms with Crippen LogP contribution in [0.5, 0.6) is 0 Å². The van der Waals surface area contributed by atoms with Gasteiger partial charge in [-0.05, 0) is 62.1 Å². The zero-order valence-electron chi connectivity index (χ0n) is 15.9. The molecular formula is C21H24N4O2. The van der Waals surface area contributed by atoms with Crippen molar-refractivity contribution in [1.29, 1.82) is 5.26 Å². The third-order valence-electron chi connectivity index (χ3n) is 4.39. The predicted molar refractivity (Wildman–Crippen MR) is 105 cm³/mol. The van der Waals surface area contributed by atoms with E-state index in [9.17, 15) is 14.9 Å². The standard InChI is InChI=1S/C21H24N4O2/c1-4-5-6-16-7-9-19(10-8-16)25-14(2)11-17(15(25)3)12-18(13-22)20(26)24-21(23)27/h7-12H,4-6H2,1-3H3,(H3,23,24,26,27)/b18-12-. The lowest BCUT2D eigenvalue weighted by Gasteiger charge is -2.11. The molecule has 2 rings (SSSR count). The van der Waals surface area contributed by atoms with Crippen molar-refractivity contribution in [3.05, 3.63) is 58.4 Å². The van der Waals surface area contributed by atoms with Crippen LogP contribution in [0.3, 0.4) is 0 Å². The fraction of sp³-hybridized carbons (Fsp3) is 0.286. The molecule has 1 heterocycles. The third-order valence-corrected chi connectivity index (χ3v) is 4.39. The zero-order chi connectivity index (χ0) is 20.0. The molecule has 0 saturated carbocycles. The highest BCUT2D eigenvalue weighted by molar-refractivity contribution is 6.08. The molecule has 0 bridgehead atoms. The molecular weight excluding hydrogens is 340 g/mol. The molecule has 0 saturated heterocycles. The predicted octanol–water partition coefficient (Wildman–Crippen LogP) is 3.54. The Bertz CT molecular complexity index is 915. The second-order valence-electron chi connectivity index (χ2n) is 6.42. The van der Waals surface area contributed by atoms with E-state index in [1.54, 1.807) is 0 Å². The van der Waals surface area contributed by atoms with Gasteiger partial charge in [0.05, 0.1) is 0 Å². The van der Waals surface area contributed by atoms with Crippen molar-refractivity contribution in [2.75, 3.05) is 0 Å². The van der Waals surface area contributed by atoms with Crippen LogP contribution in [0.15, 0.2) is 35.9 Å². The topological polar surface area (TPSA) is 101 Å². The molecule has 0 aliphatic heterocycles. The number of benzene rings is 1. The first-order valence-electron chi connectivity index (χ1n) is 8.88. The van der Waals surface area contributed by atoms with Crippen LogP contribution in [-0.4, -0.2) is 16.5 Å². The summed E-state index contributed by atoms with van der Waals surface area (Å²) in [5.41, 5.74) is 9.70. The summed E-state index contributed by atoms with van der Waals surface area (Å²) >= 11 is 0. The molecule has 0 radical (unpaired) electrons. The van der Waals surface area contributed by atoms with Crippen LogP contribution in [0.4, 0.5) is 4.79 Å². The Morgan fingerprint density at radius 1 is 1.26 bits per heavy atom. The number of nitrogens with zero attached hydrogens (tertiary/aromatic N) is 2. The van der Waals surface area contributed by atoms with Crippen molar-refractivity contribution >= 4 is 18.0 Å². The number of nitrogens with two attached hydrogens (primary N) is 1. The molecule has 0 unspecified atom stereocenters. The summed E-state index contributed by atoms with van der Waals surface area (Å²) in [5.74, 6) is -0.810. The van der Waals surface area contributed by atoms with Gasteiger partial charge in [0.15, 0.2) is 0 Å². The normalized spacial score (nSPS) is 11.1. The van der Waals surface area contributed by atoms with Crippen LogP contribution in [0.1, 0.15) is 42.3 Å². The molecule has 3 N–H and O–H groups in total. The monoisotopic (exact) mass is 364 g/mol. The van der Waals surface area contributed by atoms with Crippen molar-refractivity contribution in [1.82, 2.24) is 9.88 Å². The molecule has 6 heteroatoms. The first-order valence-corrected chi connectivity index (χ1v) is 8.88. The Balaban J connectivity index is 2.36. The molecule has 0 atom stereocenters. The van der Waals surface area contributed by atoms with E-state index in [-0.39, 0.29) is 5.57 Å². The molecule has 6 nitrogen and oxygen atoms in total. The highest BCUT2D eigenvalue weighted by Gasteiger charge is 2.14. The van der Waals surface area contributed by atoms with Crippen molar-refractivity contribution in [2.45, 2.75) is 40.0 Å². The van der Waals surface area contributed by atoms with E-state index in [0.717, 1.165) is 35.5 Å². The smallest absolute Gasteiger partial charge is 0.319 e. The summed E-state index contributed by atoms with van der Waals surface area (Å²) in [6, 6.07) is 11.1. The lowest BCUT2D eigenvalue weighted by Crippen LogP contribution is -2.35. The molecule has 140 valence electrons. The fourth-order valence-corrected chi connectivity index (χ4v) is 3.01. The highest BCUT2D eigenvalue weighted by atomic mass is 16.2. The van der Waals surface area contributed by atoms with Crippen molar-refractivity contribution < 1.29 is 9.59 Å². The minimum Gasteiger partial charge on any atom is -0.351 e. The molecule has 0 aliphatic rings. The summed E-state index contributed by atoms with van der Waals surface area (Å²) < 4.78 is 2.07. The summed E-state index contributed by atoms with van der Waals surface area (Å²) in [4.78, 5) is 22.7. The number of nitrogens with one attached hydrogen (secondary N) is 1. The minimum absolute atomic E-state index is 0.177. The maximum absolute atomic E-state index is 11.9. The van der Waals surface area contributed by atoms with Gasteiger partial charge >= 0.3 is 6.03 Å². The van der Waals surface area contributed by atoms with Crippen LogP contribution in [0, 0.1) is 25.2 Å². The molecule has 0 fully saturated rings. The number of hydrogen-bond acceptors (Lipinski definition) is 3. The van der Waals surface area contributed by atoms with E-state index in [1.807, 2.05) is 31.3 Å². The molecule has 27 heavy (non-hydrogen) atoms.